The van der Waals surface area contributed by atoms with Crippen LogP contribution in [0.1, 0.15) is 10.4 Å². The fraction of sp³-hybridized carbons (Fsp3) is 0. The molecule has 0 aliphatic heterocycles. The van der Waals surface area contributed by atoms with Crippen LogP contribution in [0.15, 0.2) is 39.7 Å². The molecule has 0 spiro atoms. The SMILES string of the molecule is O=C(O)c1cncc(Oc2ncc(Br)cc2Br)c1. The van der Waals surface area contributed by atoms with Gasteiger partial charge in [-0.25, -0.2) is 9.78 Å². The van der Waals surface area contributed by atoms with E-state index in [-0.39, 0.29) is 5.56 Å². The molecule has 7 heteroatoms. The molecule has 0 atom stereocenters. The third kappa shape index (κ3) is 3.05. The van der Waals surface area contributed by atoms with E-state index in [2.05, 4.69) is 41.8 Å². The van der Waals surface area contributed by atoms with Gasteiger partial charge in [-0.15, -0.1) is 0 Å². The van der Waals surface area contributed by atoms with Crippen molar-refractivity contribution in [3.05, 3.63) is 45.2 Å². The molecule has 2 rings (SSSR count). The van der Waals surface area contributed by atoms with Crippen molar-refractivity contribution in [1.29, 1.82) is 0 Å². The molecule has 18 heavy (non-hydrogen) atoms. The molecule has 0 saturated heterocycles. The summed E-state index contributed by atoms with van der Waals surface area (Å²) in [6.07, 6.45) is 4.25. The van der Waals surface area contributed by atoms with Crippen LogP contribution in [0, 0.1) is 0 Å². The van der Waals surface area contributed by atoms with E-state index in [0.29, 0.717) is 16.1 Å². The second-order valence-electron chi connectivity index (χ2n) is 3.26. The molecule has 2 aromatic rings. The molecular weight excluding hydrogens is 368 g/mol. The summed E-state index contributed by atoms with van der Waals surface area (Å²) in [6, 6.07) is 3.16. The van der Waals surface area contributed by atoms with Gasteiger partial charge in [0.1, 0.15) is 5.75 Å². The molecular formula is C11H6Br2N2O3. The number of aromatic nitrogens is 2. The second kappa shape index (κ2) is 5.45. The fourth-order valence-electron chi connectivity index (χ4n) is 1.18. The van der Waals surface area contributed by atoms with Gasteiger partial charge in [-0.3, -0.25) is 4.98 Å². The lowest BCUT2D eigenvalue weighted by molar-refractivity contribution is 0.0696. The van der Waals surface area contributed by atoms with Gasteiger partial charge in [0, 0.05) is 16.9 Å². The number of nitrogens with zero attached hydrogens (tertiary/aromatic N) is 2. The zero-order chi connectivity index (χ0) is 13.1. The lowest BCUT2D eigenvalue weighted by atomic mass is 10.3. The predicted molar refractivity (Wildman–Crippen MR) is 70.9 cm³/mol. The van der Waals surface area contributed by atoms with Gasteiger partial charge in [0.25, 0.3) is 0 Å². The van der Waals surface area contributed by atoms with E-state index in [1.165, 1.54) is 18.5 Å². The molecule has 2 aromatic heterocycles. The van der Waals surface area contributed by atoms with Crippen LogP contribution in [-0.4, -0.2) is 21.0 Å². The lowest BCUT2D eigenvalue weighted by Gasteiger charge is -2.06. The van der Waals surface area contributed by atoms with Crippen LogP contribution in [0.4, 0.5) is 0 Å². The van der Waals surface area contributed by atoms with Crippen molar-refractivity contribution in [1.82, 2.24) is 9.97 Å². The van der Waals surface area contributed by atoms with Gasteiger partial charge < -0.3 is 9.84 Å². The van der Waals surface area contributed by atoms with Crippen LogP contribution in [0.5, 0.6) is 11.6 Å². The molecule has 5 nitrogen and oxygen atoms in total. The smallest absolute Gasteiger partial charge is 0.337 e. The summed E-state index contributed by atoms with van der Waals surface area (Å²) in [4.78, 5) is 18.6. The first-order valence-corrected chi connectivity index (χ1v) is 6.32. The predicted octanol–water partition coefficient (Wildman–Crippen LogP) is 3.49. The Morgan fingerprint density at radius 3 is 2.67 bits per heavy atom. The normalized spacial score (nSPS) is 10.1. The number of carbonyl (C=O) groups is 1. The minimum Gasteiger partial charge on any atom is -0.478 e. The number of rotatable bonds is 3. The molecule has 92 valence electrons. The first kappa shape index (κ1) is 13.0. The second-order valence-corrected chi connectivity index (χ2v) is 5.03. The Kier molecular flexibility index (Phi) is 3.93. The van der Waals surface area contributed by atoms with E-state index >= 15 is 0 Å². The molecule has 0 amide bonds. The molecule has 0 radical (unpaired) electrons. The largest absolute Gasteiger partial charge is 0.478 e. The van der Waals surface area contributed by atoms with Crippen LogP contribution in [0.2, 0.25) is 0 Å². The Morgan fingerprint density at radius 1 is 1.22 bits per heavy atom. The van der Waals surface area contributed by atoms with Crippen LogP contribution in [-0.2, 0) is 0 Å². The van der Waals surface area contributed by atoms with Crippen molar-refractivity contribution in [3.63, 3.8) is 0 Å². The van der Waals surface area contributed by atoms with Crippen molar-refractivity contribution in [2.24, 2.45) is 0 Å². The summed E-state index contributed by atoms with van der Waals surface area (Å²) in [5.74, 6) is -0.413. The Balaban J connectivity index is 2.28. The number of carboxylic acids is 1. The quantitative estimate of drug-likeness (QED) is 0.891. The zero-order valence-corrected chi connectivity index (χ0v) is 12.0. The molecule has 0 aliphatic rings. The fourth-order valence-corrected chi connectivity index (χ4v) is 2.25. The van der Waals surface area contributed by atoms with E-state index < -0.39 is 5.97 Å². The highest BCUT2D eigenvalue weighted by Gasteiger charge is 2.08. The van der Waals surface area contributed by atoms with Crippen LogP contribution in [0.25, 0.3) is 0 Å². The first-order valence-electron chi connectivity index (χ1n) is 4.73. The van der Waals surface area contributed by atoms with Crippen molar-refractivity contribution < 1.29 is 14.6 Å². The molecule has 0 fully saturated rings. The summed E-state index contributed by atoms with van der Waals surface area (Å²) < 4.78 is 6.91. The van der Waals surface area contributed by atoms with Crippen LogP contribution < -0.4 is 4.74 Å². The van der Waals surface area contributed by atoms with Crippen molar-refractivity contribution in [2.45, 2.75) is 0 Å². The number of aromatic carboxylic acids is 1. The number of ether oxygens (including phenoxy) is 1. The van der Waals surface area contributed by atoms with Gasteiger partial charge in [-0.2, -0.15) is 0 Å². The van der Waals surface area contributed by atoms with Gasteiger partial charge in [-0.05, 0) is 44.0 Å². The average Bonchev–Trinajstić information content (AvgIpc) is 2.33. The van der Waals surface area contributed by atoms with Crippen molar-refractivity contribution in [3.8, 4) is 11.6 Å². The van der Waals surface area contributed by atoms with E-state index in [4.69, 9.17) is 9.84 Å². The maximum absolute atomic E-state index is 10.8. The standard InChI is InChI=1S/C11H6Br2N2O3/c12-7-2-9(13)10(15-4-7)18-8-1-6(11(16)17)3-14-5-8/h1-5H,(H,16,17). The number of pyridine rings is 2. The molecule has 0 saturated carbocycles. The van der Waals surface area contributed by atoms with E-state index in [9.17, 15) is 4.79 Å². The average molecular weight is 374 g/mol. The number of hydrogen-bond acceptors (Lipinski definition) is 4. The number of halogens is 2. The van der Waals surface area contributed by atoms with E-state index in [1.807, 2.05) is 0 Å². The maximum atomic E-state index is 10.8. The highest BCUT2D eigenvalue weighted by molar-refractivity contribution is 9.11. The van der Waals surface area contributed by atoms with Gasteiger partial charge in [0.2, 0.25) is 5.88 Å². The molecule has 0 unspecified atom stereocenters. The van der Waals surface area contributed by atoms with Gasteiger partial charge >= 0.3 is 5.97 Å². The summed E-state index contributed by atoms with van der Waals surface area (Å²) >= 11 is 6.57. The maximum Gasteiger partial charge on any atom is 0.337 e. The molecule has 0 bridgehead atoms. The summed E-state index contributed by atoms with van der Waals surface area (Å²) in [6.45, 7) is 0. The molecule has 0 aromatic carbocycles. The Bertz CT molecular complexity index is 605. The summed E-state index contributed by atoms with van der Waals surface area (Å²) in [7, 11) is 0. The van der Waals surface area contributed by atoms with Crippen molar-refractivity contribution in [2.75, 3.05) is 0 Å². The highest BCUT2D eigenvalue weighted by Crippen LogP contribution is 2.29. The van der Waals surface area contributed by atoms with Crippen molar-refractivity contribution >= 4 is 37.8 Å². The van der Waals surface area contributed by atoms with Gasteiger partial charge in [0.15, 0.2) is 0 Å². The minimum absolute atomic E-state index is 0.0562. The number of hydrogen-bond donors (Lipinski definition) is 1. The van der Waals surface area contributed by atoms with E-state index in [1.54, 1.807) is 12.3 Å². The topological polar surface area (TPSA) is 72.3 Å². The highest BCUT2D eigenvalue weighted by atomic mass is 79.9. The van der Waals surface area contributed by atoms with Crippen LogP contribution >= 0.6 is 31.9 Å². The third-order valence-corrected chi connectivity index (χ3v) is 2.95. The first-order chi connectivity index (χ1) is 8.56. The van der Waals surface area contributed by atoms with Gasteiger partial charge in [-0.1, -0.05) is 0 Å². The van der Waals surface area contributed by atoms with E-state index in [0.717, 1.165) is 4.47 Å². The summed E-state index contributed by atoms with van der Waals surface area (Å²) in [5.41, 5.74) is 0.0562. The monoisotopic (exact) mass is 372 g/mol. The number of carboxylic acid groups (broad SMARTS) is 1. The zero-order valence-electron chi connectivity index (χ0n) is 8.80. The molecule has 2 heterocycles. The molecule has 0 aliphatic carbocycles. The van der Waals surface area contributed by atoms with Crippen LogP contribution in [0.3, 0.4) is 0 Å². The summed E-state index contributed by atoms with van der Waals surface area (Å²) in [5, 5.41) is 8.84. The third-order valence-electron chi connectivity index (χ3n) is 1.95. The Morgan fingerprint density at radius 2 is 2.00 bits per heavy atom. The minimum atomic E-state index is -1.06. The Labute approximate surface area is 119 Å². The Hall–Kier alpha value is -1.47. The van der Waals surface area contributed by atoms with Gasteiger partial charge in [0.05, 0.1) is 16.2 Å². The lowest BCUT2D eigenvalue weighted by Crippen LogP contribution is -1.98. The molecule has 1 N–H and O–H groups in total.